The van der Waals surface area contributed by atoms with Crippen molar-refractivity contribution >= 4 is 28.8 Å². The molecule has 1 aromatic carbocycles. The first-order chi connectivity index (χ1) is 15.7. The van der Waals surface area contributed by atoms with Crippen molar-refractivity contribution in [2.24, 2.45) is 11.8 Å². The molecule has 0 spiro atoms. The van der Waals surface area contributed by atoms with E-state index in [1.54, 1.807) is 18.4 Å². The van der Waals surface area contributed by atoms with Gasteiger partial charge in [-0.3, -0.25) is 9.59 Å². The lowest BCUT2D eigenvalue weighted by Crippen LogP contribution is -2.52. The number of nitrogens with one attached hydrogen (secondary N) is 1. The summed E-state index contributed by atoms with van der Waals surface area (Å²) in [5.41, 5.74) is 1.14. The van der Waals surface area contributed by atoms with Gasteiger partial charge in [-0.2, -0.15) is 0 Å². The number of piperazine rings is 1. The van der Waals surface area contributed by atoms with Crippen molar-refractivity contribution in [2.75, 3.05) is 44.7 Å². The quantitative estimate of drug-likeness (QED) is 0.653. The molecule has 2 aromatic rings. The molecule has 1 N–H and O–H groups in total. The lowest BCUT2D eigenvalue weighted by Gasteiger charge is -2.39. The molecule has 1 fully saturated rings. The van der Waals surface area contributed by atoms with Crippen LogP contribution in [0.25, 0.3) is 0 Å². The summed E-state index contributed by atoms with van der Waals surface area (Å²) >= 11 is 1.70. The van der Waals surface area contributed by atoms with Crippen molar-refractivity contribution in [1.82, 2.24) is 10.2 Å². The van der Waals surface area contributed by atoms with Crippen LogP contribution in [0.4, 0.5) is 5.69 Å². The number of amides is 2. The van der Waals surface area contributed by atoms with E-state index in [2.05, 4.69) is 28.4 Å². The maximum absolute atomic E-state index is 13.3. The molecule has 0 bridgehead atoms. The van der Waals surface area contributed by atoms with Crippen LogP contribution in [0, 0.1) is 11.8 Å². The van der Waals surface area contributed by atoms with Crippen LogP contribution in [0.2, 0.25) is 0 Å². The number of hydrogen-bond acceptors (Lipinski definition) is 5. The maximum Gasteiger partial charge on any atom is 0.226 e. The molecule has 32 heavy (non-hydrogen) atoms. The van der Waals surface area contributed by atoms with E-state index >= 15 is 0 Å². The largest absolute Gasteiger partial charge is 0.497 e. The van der Waals surface area contributed by atoms with E-state index in [0.717, 1.165) is 30.9 Å². The standard InChI is InChI=1S/C25H31N3O3S/c1-31-20-10-8-19(9-11-20)27-14-16-28(17-15-27)25(30)23-7-3-2-6-22(23)24(29)26-13-12-21-5-4-18-32-21/h2-5,8-11,18,22-23H,6-7,12-17H2,1H3,(H,26,29). The zero-order chi connectivity index (χ0) is 22.3. The average Bonchev–Trinajstić information content (AvgIpc) is 3.37. The average molecular weight is 454 g/mol. The molecule has 6 nitrogen and oxygen atoms in total. The fourth-order valence-corrected chi connectivity index (χ4v) is 5.19. The third-order valence-corrected chi connectivity index (χ3v) is 7.30. The second-order valence-electron chi connectivity index (χ2n) is 8.29. The second kappa shape index (κ2) is 10.7. The number of nitrogens with zero attached hydrogens (tertiary/aromatic N) is 2. The van der Waals surface area contributed by atoms with Gasteiger partial charge < -0.3 is 19.9 Å². The number of anilines is 1. The van der Waals surface area contributed by atoms with Gasteiger partial charge in [-0.15, -0.1) is 11.3 Å². The minimum absolute atomic E-state index is 0.00104. The molecule has 4 rings (SSSR count). The van der Waals surface area contributed by atoms with E-state index in [9.17, 15) is 9.59 Å². The Morgan fingerprint density at radius 3 is 2.41 bits per heavy atom. The highest BCUT2D eigenvalue weighted by Gasteiger charge is 2.37. The topological polar surface area (TPSA) is 61.9 Å². The Morgan fingerprint density at radius 2 is 1.75 bits per heavy atom. The first-order valence-corrected chi connectivity index (χ1v) is 12.2. The Hall–Kier alpha value is -2.80. The summed E-state index contributed by atoms with van der Waals surface area (Å²) in [6.07, 6.45) is 6.19. The first-order valence-electron chi connectivity index (χ1n) is 11.3. The fraction of sp³-hybridized carbons (Fsp3) is 0.440. The van der Waals surface area contributed by atoms with Crippen LogP contribution in [0.15, 0.2) is 53.9 Å². The van der Waals surface area contributed by atoms with Crippen LogP contribution in [-0.4, -0.2) is 56.5 Å². The van der Waals surface area contributed by atoms with Crippen LogP contribution >= 0.6 is 11.3 Å². The van der Waals surface area contributed by atoms with Crippen molar-refractivity contribution < 1.29 is 14.3 Å². The maximum atomic E-state index is 13.3. The number of hydrogen-bond donors (Lipinski definition) is 1. The molecule has 2 aliphatic rings. The van der Waals surface area contributed by atoms with Gasteiger partial charge in [0, 0.05) is 43.3 Å². The molecule has 2 unspecified atom stereocenters. The summed E-state index contributed by atoms with van der Waals surface area (Å²) < 4.78 is 5.24. The van der Waals surface area contributed by atoms with Crippen LogP contribution in [0.5, 0.6) is 5.75 Å². The van der Waals surface area contributed by atoms with Gasteiger partial charge in [0.15, 0.2) is 0 Å². The molecule has 2 amide bonds. The molecule has 1 aliphatic carbocycles. The lowest BCUT2D eigenvalue weighted by atomic mass is 9.81. The molecule has 2 atom stereocenters. The number of carbonyl (C=O) groups excluding carboxylic acids is 2. The number of rotatable bonds is 7. The molecule has 1 aromatic heterocycles. The third-order valence-electron chi connectivity index (χ3n) is 6.37. The Bertz CT molecular complexity index is 918. The zero-order valence-electron chi connectivity index (χ0n) is 18.5. The number of benzene rings is 1. The van der Waals surface area contributed by atoms with Gasteiger partial charge in [0.05, 0.1) is 18.9 Å². The van der Waals surface area contributed by atoms with E-state index in [0.29, 0.717) is 32.5 Å². The van der Waals surface area contributed by atoms with Crippen LogP contribution in [0.1, 0.15) is 17.7 Å². The summed E-state index contributed by atoms with van der Waals surface area (Å²) in [7, 11) is 1.66. The number of methoxy groups -OCH3 is 1. The molecule has 2 heterocycles. The third kappa shape index (κ3) is 5.33. The van der Waals surface area contributed by atoms with Crippen molar-refractivity contribution in [3.8, 4) is 5.75 Å². The summed E-state index contributed by atoms with van der Waals surface area (Å²) in [5.74, 6) is 0.403. The lowest BCUT2D eigenvalue weighted by molar-refractivity contribution is -0.142. The van der Waals surface area contributed by atoms with Crippen molar-refractivity contribution in [3.05, 3.63) is 58.8 Å². The molecule has 0 saturated carbocycles. The van der Waals surface area contributed by atoms with Gasteiger partial charge in [-0.25, -0.2) is 0 Å². The first kappa shape index (κ1) is 22.4. The molecular formula is C25H31N3O3S. The highest BCUT2D eigenvalue weighted by Crippen LogP contribution is 2.29. The monoisotopic (exact) mass is 453 g/mol. The van der Waals surface area contributed by atoms with E-state index in [4.69, 9.17) is 4.74 Å². The van der Waals surface area contributed by atoms with Gasteiger partial charge in [0.25, 0.3) is 0 Å². The Kier molecular flexibility index (Phi) is 7.47. The van der Waals surface area contributed by atoms with Gasteiger partial charge in [0.2, 0.25) is 11.8 Å². The number of ether oxygens (including phenoxy) is 1. The fourth-order valence-electron chi connectivity index (χ4n) is 4.48. The van der Waals surface area contributed by atoms with Crippen molar-refractivity contribution in [1.29, 1.82) is 0 Å². The number of thiophene rings is 1. The molecule has 1 saturated heterocycles. The smallest absolute Gasteiger partial charge is 0.226 e. The van der Waals surface area contributed by atoms with E-state index in [1.807, 2.05) is 40.6 Å². The normalized spacial score (nSPS) is 20.8. The minimum atomic E-state index is -0.282. The summed E-state index contributed by atoms with van der Waals surface area (Å²) in [6, 6.07) is 12.1. The summed E-state index contributed by atoms with van der Waals surface area (Å²) in [5, 5.41) is 5.11. The minimum Gasteiger partial charge on any atom is -0.497 e. The van der Waals surface area contributed by atoms with E-state index < -0.39 is 0 Å². The summed E-state index contributed by atoms with van der Waals surface area (Å²) in [6.45, 7) is 3.55. The highest BCUT2D eigenvalue weighted by molar-refractivity contribution is 7.09. The molecule has 1 aliphatic heterocycles. The zero-order valence-corrected chi connectivity index (χ0v) is 19.4. The number of allylic oxidation sites excluding steroid dienone is 2. The van der Waals surface area contributed by atoms with Crippen LogP contribution in [0.3, 0.4) is 0 Å². The highest BCUT2D eigenvalue weighted by atomic mass is 32.1. The molecular weight excluding hydrogens is 422 g/mol. The SMILES string of the molecule is COc1ccc(N2CCN(C(=O)C3CC=CCC3C(=O)NCCc3cccs3)CC2)cc1. The molecule has 7 heteroatoms. The number of carbonyl (C=O) groups is 2. The molecule has 170 valence electrons. The van der Waals surface area contributed by atoms with Gasteiger partial charge in [-0.05, 0) is 55.0 Å². The predicted octanol–water partition coefficient (Wildman–Crippen LogP) is 3.35. The van der Waals surface area contributed by atoms with E-state index in [-0.39, 0.29) is 23.7 Å². The van der Waals surface area contributed by atoms with Crippen molar-refractivity contribution in [2.45, 2.75) is 19.3 Å². The van der Waals surface area contributed by atoms with Gasteiger partial charge >= 0.3 is 0 Å². The van der Waals surface area contributed by atoms with E-state index in [1.165, 1.54) is 4.88 Å². The Morgan fingerprint density at radius 1 is 1.03 bits per heavy atom. The van der Waals surface area contributed by atoms with Crippen LogP contribution in [-0.2, 0) is 16.0 Å². The second-order valence-corrected chi connectivity index (χ2v) is 9.32. The van der Waals surface area contributed by atoms with Gasteiger partial charge in [-0.1, -0.05) is 18.2 Å². The Balaban J connectivity index is 1.30. The van der Waals surface area contributed by atoms with Crippen LogP contribution < -0.4 is 15.0 Å². The summed E-state index contributed by atoms with van der Waals surface area (Å²) in [4.78, 5) is 31.7. The molecule has 0 radical (unpaired) electrons. The van der Waals surface area contributed by atoms with Gasteiger partial charge in [0.1, 0.15) is 5.75 Å². The Labute approximate surface area is 193 Å². The van der Waals surface area contributed by atoms with Crippen molar-refractivity contribution in [3.63, 3.8) is 0 Å². The predicted molar refractivity (Wildman–Crippen MR) is 128 cm³/mol.